The first-order valence-electron chi connectivity index (χ1n) is 8.75. The number of carbonyl (C=O) groups is 1. The molecular weight excluding hydrogens is 356 g/mol. The Morgan fingerprint density at radius 3 is 2.62 bits per heavy atom. The number of carboxylic acids is 1. The van der Waals surface area contributed by atoms with Gasteiger partial charge in [0.15, 0.2) is 9.84 Å². The van der Waals surface area contributed by atoms with Gasteiger partial charge in [0.2, 0.25) is 0 Å². The van der Waals surface area contributed by atoms with E-state index in [2.05, 4.69) is 14.9 Å². The Hall–Kier alpha value is -1.97. The number of hydrogen-bond donors (Lipinski definition) is 2. The molecule has 9 heteroatoms. The fourth-order valence-electron chi connectivity index (χ4n) is 4.08. The highest BCUT2D eigenvalue weighted by atomic mass is 32.2. The summed E-state index contributed by atoms with van der Waals surface area (Å²) in [6, 6.07) is 7.55. The van der Waals surface area contributed by atoms with Crippen LogP contribution in [-0.2, 0) is 21.2 Å². The monoisotopic (exact) mass is 378 g/mol. The Bertz CT molecular complexity index is 893. The maximum absolute atomic E-state index is 12.2. The van der Waals surface area contributed by atoms with E-state index in [4.69, 9.17) is 5.11 Å². The van der Waals surface area contributed by atoms with Crippen LogP contribution in [-0.4, -0.2) is 82.5 Å². The van der Waals surface area contributed by atoms with Crippen LogP contribution in [0.1, 0.15) is 12.2 Å². The van der Waals surface area contributed by atoms with Crippen LogP contribution in [0, 0.1) is 0 Å². The van der Waals surface area contributed by atoms with Crippen LogP contribution in [0.2, 0.25) is 0 Å². The van der Waals surface area contributed by atoms with E-state index in [1.54, 1.807) is 0 Å². The van der Waals surface area contributed by atoms with Crippen molar-refractivity contribution in [2.75, 3.05) is 31.1 Å². The van der Waals surface area contributed by atoms with Crippen molar-refractivity contribution in [1.82, 2.24) is 19.8 Å². The molecule has 1 aromatic heterocycles. The van der Waals surface area contributed by atoms with Crippen LogP contribution in [0.5, 0.6) is 0 Å². The third-order valence-corrected chi connectivity index (χ3v) is 7.01. The van der Waals surface area contributed by atoms with Crippen molar-refractivity contribution in [1.29, 1.82) is 0 Å². The van der Waals surface area contributed by atoms with Gasteiger partial charge in [-0.25, -0.2) is 13.4 Å². The number of imidazole rings is 1. The minimum absolute atomic E-state index is 0.0346. The molecule has 0 saturated carbocycles. The van der Waals surface area contributed by atoms with Crippen molar-refractivity contribution in [2.45, 2.75) is 25.0 Å². The molecule has 2 aliphatic rings. The molecule has 0 spiro atoms. The minimum atomic E-state index is -3.11. The first-order chi connectivity index (χ1) is 12.4. The van der Waals surface area contributed by atoms with E-state index in [9.17, 15) is 13.2 Å². The van der Waals surface area contributed by atoms with E-state index in [-0.39, 0.29) is 30.0 Å². The van der Waals surface area contributed by atoms with E-state index in [1.165, 1.54) is 0 Å². The zero-order chi connectivity index (χ0) is 18.3. The molecule has 2 aromatic rings. The first kappa shape index (κ1) is 17.4. The third kappa shape index (κ3) is 3.46. The summed E-state index contributed by atoms with van der Waals surface area (Å²) in [6.45, 7) is 2.33. The van der Waals surface area contributed by atoms with Crippen molar-refractivity contribution in [2.24, 2.45) is 0 Å². The largest absolute Gasteiger partial charge is 0.481 e. The second-order valence-corrected chi connectivity index (χ2v) is 9.22. The molecule has 2 atom stereocenters. The number of nitrogens with zero attached hydrogens (tertiary/aromatic N) is 3. The Morgan fingerprint density at radius 2 is 1.88 bits per heavy atom. The van der Waals surface area contributed by atoms with Gasteiger partial charge in [0.25, 0.3) is 0 Å². The molecule has 0 aliphatic carbocycles. The topological polar surface area (TPSA) is 107 Å². The lowest BCUT2D eigenvalue weighted by Gasteiger charge is -2.43. The number of rotatable bonds is 5. The molecule has 3 heterocycles. The predicted molar refractivity (Wildman–Crippen MR) is 96.6 cm³/mol. The van der Waals surface area contributed by atoms with E-state index >= 15 is 0 Å². The van der Waals surface area contributed by atoms with Crippen LogP contribution in [0.25, 0.3) is 11.0 Å². The van der Waals surface area contributed by atoms with Crippen molar-refractivity contribution >= 4 is 26.8 Å². The quantitative estimate of drug-likeness (QED) is 0.772. The van der Waals surface area contributed by atoms with E-state index < -0.39 is 15.8 Å². The highest BCUT2D eigenvalue weighted by Gasteiger charge is 2.46. The molecule has 0 amide bonds. The third-order valence-electron chi connectivity index (χ3n) is 5.31. The lowest BCUT2D eigenvalue weighted by Crippen LogP contribution is -2.59. The molecule has 8 nitrogen and oxygen atoms in total. The van der Waals surface area contributed by atoms with Crippen molar-refractivity contribution in [3.63, 3.8) is 0 Å². The van der Waals surface area contributed by atoms with E-state index in [0.717, 1.165) is 16.9 Å². The molecule has 2 fully saturated rings. The second-order valence-electron chi connectivity index (χ2n) is 7.06. The van der Waals surface area contributed by atoms with Gasteiger partial charge in [-0.05, 0) is 12.1 Å². The van der Waals surface area contributed by atoms with Crippen molar-refractivity contribution in [3.05, 3.63) is 30.1 Å². The summed E-state index contributed by atoms with van der Waals surface area (Å²) in [5, 5.41) is 8.94. The van der Waals surface area contributed by atoms with E-state index in [1.807, 2.05) is 29.2 Å². The first-order valence-corrected chi connectivity index (χ1v) is 10.6. The van der Waals surface area contributed by atoms with Crippen LogP contribution in [0.4, 0.5) is 0 Å². The molecule has 2 N–H and O–H groups in total. The molecule has 4 rings (SSSR count). The number of aromatic nitrogens is 2. The number of piperazine rings is 1. The van der Waals surface area contributed by atoms with Gasteiger partial charge in [-0.1, -0.05) is 12.1 Å². The second kappa shape index (κ2) is 6.64. The molecule has 0 unspecified atom stereocenters. The van der Waals surface area contributed by atoms with Gasteiger partial charge in [0.05, 0.1) is 35.5 Å². The molecule has 2 aliphatic heterocycles. The van der Waals surface area contributed by atoms with Crippen LogP contribution >= 0.6 is 0 Å². The molecule has 2 saturated heterocycles. The lowest BCUT2D eigenvalue weighted by molar-refractivity contribution is -0.137. The normalized spacial score (nSPS) is 26.2. The summed E-state index contributed by atoms with van der Waals surface area (Å²) >= 11 is 0. The van der Waals surface area contributed by atoms with Gasteiger partial charge in [0.1, 0.15) is 5.82 Å². The molecule has 26 heavy (non-hydrogen) atoms. The number of benzene rings is 1. The van der Waals surface area contributed by atoms with Crippen LogP contribution < -0.4 is 0 Å². The number of sulfone groups is 1. The predicted octanol–water partition coefficient (Wildman–Crippen LogP) is 0.321. The highest BCUT2D eigenvalue weighted by molar-refractivity contribution is 7.91. The average Bonchev–Trinajstić information content (AvgIpc) is 3.13. The fraction of sp³-hybridized carbons (Fsp3) is 0.529. The van der Waals surface area contributed by atoms with Crippen LogP contribution in [0.3, 0.4) is 0 Å². The maximum atomic E-state index is 12.2. The Kier molecular flexibility index (Phi) is 4.45. The average molecular weight is 378 g/mol. The molecule has 0 radical (unpaired) electrons. The minimum Gasteiger partial charge on any atom is -0.481 e. The number of H-pyrrole nitrogens is 1. The standard InChI is InChI=1S/C17H22N4O4S/c22-17(23)5-6-20-7-8-21(15-11-26(24,25)10-14(15)20)9-16-18-12-3-1-2-4-13(12)19-16/h1-4,14-15H,5-11H2,(H,18,19)(H,22,23)/t14-,15+/m0/s1. The van der Waals surface area contributed by atoms with Gasteiger partial charge < -0.3 is 10.1 Å². The Labute approximate surface area is 151 Å². The van der Waals surface area contributed by atoms with Crippen molar-refractivity contribution in [3.8, 4) is 0 Å². The number of para-hydroxylation sites is 2. The maximum Gasteiger partial charge on any atom is 0.304 e. The zero-order valence-electron chi connectivity index (χ0n) is 14.3. The van der Waals surface area contributed by atoms with E-state index in [0.29, 0.717) is 26.2 Å². The summed E-state index contributed by atoms with van der Waals surface area (Å²) in [5.74, 6) is 0.204. The summed E-state index contributed by atoms with van der Waals surface area (Å²) in [6.07, 6.45) is 0.0346. The van der Waals surface area contributed by atoms with Crippen LogP contribution in [0.15, 0.2) is 24.3 Å². The van der Waals surface area contributed by atoms with Gasteiger partial charge in [-0.3, -0.25) is 14.6 Å². The summed E-state index contributed by atoms with van der Waals surface area (Å²) in [5.41, 5.74) is 1.87. The van der Waals surface area contributed by atoms with Gasteiger partial charge in [-0.2, -0.15) is 0 Å². The number of carboxylic acid groups (broad SMARTS) is 1. The number of aliphatic carboxylic acids is 1. The fourth-order valence-corrected chi connectivity index (χ4v) is 6.13. The molecule has 1 aromatic carbocycles. The molecule has 140 valence electrons. The zero-order valence-corrected chi connectivity index (χ0v) is 15.2. The molecule has 0 bridgehead atoms. The summed E-state index contributed by atoms with van der Waals surface area (Å²) < 4.78 is 24.5. The van der Waals surface area contributed by atoms with Gasteiger partial charge in [0, 0.05) is 31.7 Å². The Balaban J connectivity index is 1.53. The summed E-state index contributed by atoms with van der Waals surface area (Å²) in [4.78, 5) is 23.0. The molecular formula is C17H22N4O4S. The lowest BCUT2D eigenvalue weighted by atomic mass is 10.0. The smallest absolute Gasteiger partial charge is 0.304 e. The number of nitrogens with one attached hydrogen (secondary N) is 1. The van der Waals surface area contributed by atoms with Gasteiger partial charge >= 0.3 is 5.97 Å². The highest BCUT2D eigenvalue weighted by Crippen LogP contribution is 2.28. The number of aromatic amines is 1. The SMILES string of the molecule is O=C(O)CCN1CCN(Cc2nc3ccccc3[nH]2)[C@@H]2CS(=O)(=O)C[C@@H]21. The number of fused-ring (bicyclic) bond motifs is 2. The number of hydrogen-bond acceptors (Lipinski definition) is 6. The Morgan fingerprint density at radius 1 is 1.19 bits per heavy atom. The summed E-state index contributed by atoms with van der Waals surface area (Å²) in [7, 11) is -3.11. The van der Waals surface area contributed by atoms with Crippen molar-refractivity contribution < 1.29 is 18.3 Å². The van der Waals surface area contributed by atoms with Gasteiger partial charge in [-0.15, -0.1) is 0 Å².